The number of carbonyl (C=O) groups is 1. The number of fused-ring (bicyclic) bond motifs is 1. The Balaban J connectivity index is 2.91. The van der Waals surface area contributed by atoms with Crippen LogP contribution in [0.5, 0.6) is 0 Å². The number of rotatable bonds is 2. The number of Topliss-reactive ketones (excluding diaryl/α,β-unsaturated/α-hetero) is 1. The third-order valence-corrected chi connectivity index (χ3v) is 2.93. The Morgan fingerprint density at radius 2 is 2.00 bits per heavy atom. The highest BCUT2D eigenvalue weighted by Gasteiger charge is 2.15. The summed E-state index contributed by atoms with van der Waals surface area (Å²) in [4.78, 5) is 28.5. The number of benzene rings is 1. The van der Waals surface area contributed by atoms with Gasteiger partial charge in [-0.05, 0) is 31.0 Å². The molecule has 0 saturated carbocycles. The molecule has 0 fully saturated rings. The lowest BCUT2D eigenvalue weighted by Crippen LogP contribution is -2.04. The maximum atomic E-state index is 11.9. The maximum absolute atomic E-state index is 11.9. The van der Waals surface area contributed by atoms with Crippen molar-refractivity contribution in [1.29, 1.82) is 0 Å². The van der Waals surface area contributed by atoms with Crippen molar-refractivity contribution in [3.8, 4) is 0 Å². The molecule has 4 heteroatoms. The molecule has 0 unspecified atom stereocenters. The summed E-state index contributed by atoms with van der Waals surface area (Å²) in [6.45, 7) is 5.66. The first-order valence-corrected chi connectivity index (χ1v) is 5.30. The van der Waals surface area contributed by atoms with Crippen molar-refractivity contribution in [2.45, 2.75) is 27.2 Å². The Morgan fingerprint density at radius 1 is 1.31 bits per heavy atom. The fourth-order valence-corrected chi connectivity index (χ4v) is 1.94. The number of ketones is 1. The van der Waals surface area contributed by atoms with E-state index in [1.54, 1.807) is 0 Å². The molecule has 0 bridgehead atoms. The number of H-pyrrole nitrogens is 2. The van der Waals surface area contributed by atoms with Crippen LogP contribution in [-0.2, 0) is 0 Å². The third kappa shape index (κ3) is 1.46. The largest absolute Gasteiger partial charge is 0.323 e. The second-order valence-electron chi connectivity index (χ2n) is 3.97. The fraction of sp³-hybridized carbons (Fsp3) is 0.333. The highest BCUT2D eigenvalue weighted by Crippen LogP contribution is 2.23. The summed E-state index contributed by atoms with van der Waals surface area (Å²) in [7, 11) is 0. The van der Waals surface area contributed by atoms with Gasteiger partial charge in [0.1, 0.15) is 0 Å². The first-order chi connectivity index (χ1) is 7.54. The lowest BCUT2D eigenvalue weighted by Gasteiger charge is -2.08. The highest BCUT2D eigenvalue weighted by atomic mass is 16.1. The van der Waals surface area contributed by atoms with Crippen LogP contribution in [0.3, 0.4) is 0 Å². The summed E-state index contributed by atoms with van der Waals surface area (Å²) in [5.41, 5.74) is 3.64. The molecular formula is C12H14N2O2. The number of nitrogens with one attached hydrogen (secondary N) is 2. The molecule has 0 aliphatic rings. The van der Waals surface area contributed by atoms with E-state index in [1.807, 2.05) is 26.8 Å². The molecule has 84 valence electrons. The van der Waals surface area contributed by atoms with E-state index >= 15 is 0 Å². The van der Waals surface area contributed by atoms with Gasteiger partial charge in [-0.15, -0.1) is 0 Å². The summed E-state index contributed by atoms with van der Waals surface area (Å²) in [5, 5.41) is 0. The Labute approximate surface area is 92.7 Å². The van der Waals surface area contributed by atoms with Crippen molar-refractivity contribution in [1.82, 2.24) is 9.97 Å². The molecular weight excluding hydrogens is 204 g/mol. The predicted octanol–water partition coefficient (Wildman–Crippen LogP) is 2.07. The lowest BCUT2D eigenvalue weighted by molar-refractivity contribution is 0.0989. The molecule has 0 amide bonds. The molecule has 2 rings (SSSR count). The minimum atomic E-state index is -0.273. The van der Waals surface area contributed by atoms with Gasteiger partial charge < -0.3 is 9.97 Å². The molecule has 0 aliphatic carbocycles. The second-order valence-corrected chi connectivity index (χ2v) is 3.97. The molecule has 2 N–H and O–H groups in total. The molecule has 0 spiro atoms. The van der Waals surface area contributed by atoms with Crippen LogP contribution < -0.4 is 5.69 Å². The zero-order valence-electron chi connectivity index (χ0n) is 9.60. The molecule has 1 aromatic carbocycles. The van der Waals surface area contributed by atoms with E-state index in [-0.39, 0.29) is 11.5 Å². The minimum absolute atomic E-state index is 0.0569. The number of hydrogen-bond donors (Lipinski definition) is 2. The van der Waals surface area contributed by atoms with Crippen LogP contribution in [-0.4, -0.2) is 15.8 Å². The predicted molar refractivity (Wildman–Crippen MR) is 63.0 cm³/mol. The minimum Gasteiger partial charge on any atom is -0.306 e. The van der Waals surface area contributed by atoms with Gasteiger partial charge in [-0.3, -0.25) is 4.79 Å². The number of hydrogen-bond acceptors (Lipinski definition) is 2. The van der Waals surface area contributed by atoms with Crippen molar-refractivity contribution in [3.63, 3.8) is 0 Å². The summed E-state index contributed by atoms with van der Waals surface area (Å²) >= 11 is 0. The van der Waals surface area contributed by atoms with Crippen molar-refractivity contribution in [3.05, 3.63) is 33.2 Å². The molecule has 0 atom stereocenters. The number of aromatic nitrogens is 2. The SMILES string of the molecule is CCC(=O)c1c(C)c(C)cc2[nH]c(=O)[nH]c12. The van der Waals surface area contributed by atoms with Gasteiger partial charge in [-0.25, -0.2) is 4.79 Å². The molecule has 1 heterocycles. The van der Waals surface area contributed by atoms with Gasteiger partial charge in [0.25, 0.3) is 0 Å². The first kappa shape index (κ1) is 10.7. The number of aromatic amines is 2. The number of aryl methyl sites for hydroxylation is 1. The van der Waals surface area contributed by atoms with E-state index in [4.69, 9.17) is 0 Å². The van der Waals surface area contributed by atoms with Gasteiger partial charge in [0.05, 0.1) is 11.0 Å². The molecule has 4 nitrogen and oxygen atoms in total. The number of carbonyl (C=O) groups excluding carboxylic acids is 1. The van der Waals surface area contributed by atoms with Crippen molar-refractivity contribution in [2.24, 2.45) is 0 Å². The van der Waals surface area contributed by atoms with Gasteiger partial charge in [0.15, 0.2) is 5.78 Å². The van der Waals surface area contributed by atoms with Gasteiger partial charge in [-0.2, -0.15) is 0 Å². The van der Waals surface area contributed by atoms with E-state index in [0.717, 1.165) is 11.1 Å². The van der Waals surface area contributed by atoms with E-state index < -0.39 is 0 Å². The topological polar surface area (TPSA) is 65.7 Å². The van der Waals surface area contributed by atoms with Crippen LogP contribution in [0.1, 0.15) is 34.8 Å². The average Bonchev–Trinajstić information content (AvgIpc) is 2.59. The zero-order chi connectivity index (χ0) is 11.9. The van der Waals surface area contributed by atoms with Gasteiger partial charge >= 0.3 is 5.69 Å². The van der Waals surface area contributed by atoms with Crippen LogP contribution in [0.4, 0.5) is 0 Å². The van der Waals surface area contributed by atoms with Crippen LogP contribution in [0.2, 0.25) is 0 Å². The summed E-state index contributed by atoms with van der Waals surface area (Å²) < 4.78 is 0. The van der Waals surface area contributed by atoms with Crippen molar-refractivity contribution in [2.75, 3.05) is 0 Å². The molecule has 2 aromatic rings. The van der Waals surface area contributed by atoms with Crippen LogP contribution in [0.15, 0.2) is 10.9 Å². The van der Waals surface area contributed by atoms with Crippen LogP contribution >= 0.6 is 0 Å². The first-order valence-electron chi connectivity index (χ1n) is 5.30. The number of imidazole rings is 1. The quantitative estimate of drug-likeness (QED) is 0.758. The van der Waals surface area contributed by atoms with Crippen molar-refractivity contribution < 1.29 is 4.79 Å². The van der Waals surface area contributed by atoms with E-state index in [1.165, 1.54) is 0 Å². The molecule has 1 aromatic heterocycles. The van der Waals surface area contributed by atoms with Gasteiger partial charge in [0.2, 0.25) is 0 Å². The highest BCUT2D eigenvalue weighted by molar-refractivity contribution is 6.07. The summed E-state index contributed by atoms with van der Waals surface area (Å²) in [6.07, 6.45) is 0.437. The van der Waals surface area contributed by atoms with E-state index in [9.17, 15) is 9.59 Å². The standard InChI is InChI=1S/C12H14N2O2/c1-4-9(15)10-7(3)6(2)5-8-11(10)14-12(16)13-8/h5H,4H2,1-3H3,(H2,13,14,16). The normalized spacial score (nSPS) is 10.9. The van der Waals surface area contributed by atoms with Gasteiger partial charge in [0, 0.05) is 12.0 Å². The second kappa shape index (κ2) is 3.63. The Kier molecular flexibility index (Phi) is 2.42. The monoisotopic (exact) mass is 218 g/mol. The zero-order valence-corrected chi connectivity index (χ0v) is 9.60. The maximum Gasteiger partial charge on any atom is 0.323 e. The molecule has 16 heavy (non-hydrogen) atoms. The van der Waals surface area contributed by atoms with Crippen LogP contribution in [0.25, 0.3) is 11.0 Å². The average molecular weight is 218 g/mol. The molecule has 0 radical (unpaired) electrons. The third-order valence-electron chi connectivity index (χ3n) is 2.93. The summed E-state index contributed by atoms with van der Waals surface area (Å²) in [5.74, 6) is 0.0569. The molecule has 0 aliphatic heterocycles. The van der Waals surface area contributed by atoms with E-state index in [0.29, 0.717) is 23.0 Å². The van der Waals surface area contributed by atoms with E-state index in [2.05, 4.69) is 9.97 Å². The Morgan fingerprint density at radius 3 is 2.62 bits per heavy atom. The summed E-state index contributed by atoms with van der Waals surface area (Å²) in [6, 6.07) is 1.88. The smallest absolute Gasteiger partial charge is 0.306 e. The lowest BCUT2D eigenvalue weighted by atomic mass is 9.97. The fourth-order valence-electron chi connectivity index (χ4n) is 1.94. The molecule has 0 saturated heterocycles. The Bertz CT molecular complexity index is 620. The van der Waals surface area contributed by atoms with Gasteiger partial charge in [-0.1, -0.05) is 6.92 Å². The van der Waals surface area contributed by atoms with Crippen LogP contribution in [0, 0.1) is 13.8 Å². The Hall–Kier alpha value is -1.84. The van der Waals surface area contributed by atoms with Crippen molar-refractivity contribution >= 4 is 16.8 Å².